The second kappa shape index (κ2) is 12.7. The van der Waals surface area contributed by atoms with Gasteiger partial charge in [0, 0.05) is 12.6 Å². The van der Waals surface area contributed by atoms with Crippen LogP contribution in [0.25, 0.3) is 0 Å². The summed E-state index contributed by atoms with van der Waals surface area (Å²) in [6.45, 7) is 10.3. The minimum atomic E-state index is -0.878. The van der Waals surface area contributed by atoms with Crippen molar-refractivity contribution in [2.75, 3.05) is 24.2 Å². The normalized spacial score (nSPS) is 18.3. The quantitative estimate of drug-likeness (QED) is 0.285. The lowest BCUT2D eigenvalue weighted by Crippen LogP contribution is -2.46. The van der Waals surface area contributed by atoms with Gasteiger partial charge in [-0.2, -0.15) is 0 Å². The maximum atomic E-state index is 13.2. The molecule has 0 atom stereocenters. The van der Waals surface area contributed by atoms with E-state index in [1.807, 2.05) is 4.90 Å². The van der Waals surface area contributed by atoms with Gasteiger partial charge < -0.3 is 14.7 Å². The van der Waals surface area contributed by atoms with E-state index in [2.05, 4.69) is 62.3 Å². The third-order valence-corrected chi connectivity index (χ3v) is 8.38. The number of thiazole rings is 1. The molecule has 192 valence electrons. The summed E-state index contributed by atoms with van der Waals surface area (Å²) in [5, 5.41) is 12.3. The number of aliphatic carboxylic acids is 1. The van der Waals surface area contributed by atoms with Crippen LogP contribution in [0, 0.1) is 5.92 Å². The zero-order valence-corrected chi connectivity index (χ0v) is 22.7. The lowest BCUT2D eigenvalue weighted by molar-refractivity contribution is -0.133. The number of amides is 2. The largest absolute Gasteiger partial charge is 0.481 e. The van der Waals surface area contributed by atoms with Gasteiger partial charge in [0.1, 0.15) is 0 Å². The first-order valence-corrected chi connectivity index (χ1v) is 14.0. The molecule has 1 aromatic carbocycles. The van der Waals surface area contributed by atoms with Gasteiger partial charge in [-0.15, -0.1) is 11.8 Å². The molecule has 1 aromatic heterocycles. The van der Waals surface area contributed by atoms with Crippen LogP contribution in [0.2, 0.25) is 0 Å². The highest BCUT2D eigenvalue weighted by Crippen LogP contribution is 2.30. The fourth-order valence-electron chi connectivity index (χ4n) is 4.14. The summed E-state index contributed by atoms with van der Waals surface area (Å²) in [6.07, 6.45) is 5.81. The fourth-order valence-corrected chi connectivity index (χ4v) is 5.72. The van der Waals surface area contributed by atoms with Crippen LogP contribution in [0.3, 0.4) is 0 Å². The number of rotatable bonds is 10. The highest BCUT2D eigenvalue weighted by molar-refractivity contribution is 8.01. The zero-order chi connectivity index (χ0) is 25.4. The number of ether oxygens (including phenoxy) is 1. The Morgan fingerprint density at radius 1 is 1.20 bits per heavy atom. The molecule has 0 unspecified atom stereocenters. The number of thioether (sulfide) groups is 1. The third-order valence-electron chi connectivity index (χ3n) is 6.29. The first kappa shape index (κ1) is 27.5. The Bertz CT molecular complexity index is 964. The Balaban J connectivity index is 1.55. The molecule has 0 radical (unpaired) electrons. The molecule has 3 rings (SSSR count). The maximum absolute atomic E-state index is 13.2. The first-order chi connectivity index (χ1) is 16.6. The van der Waals surface area contributed by atoms with Gasteiger partial charge in [0.25, 0.3) is 0 Å². The number of nitrogens with zero attached hydrogens (tertiary/aromatic N) is 2. The molecular weight excluding hydrogens is 482 g/mol. The molecule has 7 nitrogen and oxygen atoms in total. The number of urea groups is 1. The average Bonchev–Trinajstić information content (AvgIpc) is 3.25. The van der Waals surface area contributed by atoms with Gasteiger partial charge in [0.15, 0.2) is 5.13 Å². The summed E-state index contributed by atoms with van der Waals surface area (Å²) < 4.78 is 6.72. The number of nitrogens with one attached hydrogen (secondary N) is 1. The minimum Gasteiger partial charge on any atom is -0.481 e. The third kappa shape index (κ3) is 8.81. The van der Waals surface area contributed by atoms with Crippen LogP contribution in [-0.4, -0.2) is 51.9 Å². The molecule has 2 N–H and O–H groups in total. The second-order valence-corrected chi connectivity index (χ2v) is 12.5. The summed E-state index contributed by atoms with van der Waals surface area (Å²) in [7, 11) is 0. The van der Waals surface area contributed by atoms with Crippen molar-refractivity contribution in [2.45, 2.75) is 75.7 Å². The molecule has 0 spiro atoms. The second-order valence-electron chi connectivity index (χ2n) is 10.2. The molecule has 2 aromatic rings. The molecule has 1 aliphatic carbocycles. The smallest absolute Gasteiger partial charge is 0.323 e. The number of anilines is 1. The van der Waals surface area contributed by atoms with E-state index < -0.39 is 5.97 Å². The van der Waals surface area contributed by atoms with Crippen LogP contribution in [0.4, 0.5) is 9.93 Å². The minimum absolute atomic E-state index is 0.0295. The number of hydrogen-bond acceptors (Lipinski definition) is 6. The summed E-state index contributed by atoms with van der Waals surface area (Å²) >= 11 is 2.50. The van der Waals surface area contributed by atoms with Crippen LogP contribution in [0.5, 0.6) is 0 Å². The molecule has 0 bridgehead atoms. The van der Waals surface area contributed by atoms with Crippen LogP contribution >= 0.6 is 23.1 Å². The van der Waals surface area contributed by atoms with Crippen LogP contribution in [-0.2, 0) is 21.6 Å². The van der Waals surface area contributed by atoms with E-state index in [-0.39, 0.29) is 23.2 Å². The topological polar surface area (TPSA) is 91.8 Å². The van der Waals surface area contributed by atoms with Crippen molar-refractivity contribution in [1.29, 1.82) is 0 Å². The Hall–Kier alpha value is -2.10. The van der Waals surface area contributed by atoms with E-state index in [1.165, 1.54) is 28.7 Å². The Morgan fingerprint density at radius 3 is 2.51 bits per heavy atom. The van der Waals surface area contributed by atoms with Gasteiger partial charge in [-0.05, 0) is 48.1 Å². The maximum Gasteiger partial charge on any atom is 0.323 e. The van der Waals surface area contributed by atoms with E-state index in [0.29, 0.717) is 30.8 Å². The highest BCUT2D eigenvalue weighted by Gasteiger charge is 2.28. The van der Waals surface area contributed by atoms with Crippen molar-refractivity contribution >= 4 is 40.2 Å². The van der Waals surface area contributed by atoms with E-state index in [1.54, 1.807) is 6.20 Å². The Labute approximate surface area is 216 Å². The van der Waals surface area contributed by atoms with E-state index in [9.17, 15) is 9.59 Å². The molecule has 2 amide bonds. The van der Waals surface area contributed by atoms with Gasteiger partial charge in [0.2, 0.25) is 0 Å². The molecule has 1 saturated carbocycles. The average molecular weight is 520 g/mol. The number of carboxylic acids is 1. The molecule has 1 heterocycles. The number of carboxylic acid groups (broad SMARTS) is 1. The molecule has 35 heavy (non-hydrogen) atoms. The Kier molecular flexibility index (Phi) is 10.0. The zero-order valence-electron chi connectivity index (χ0n) is 21.1. The molecule has 0 aliphatic heterocycles. The predicted molar refractivity (Wildman–Crippen MR) is 142 cm³/mol. The number of carbonyl (C=O) groups is 2. The summed E-state index contributed by atoms with van der Waals surface area (Å²) in [5.41, 5.74) is 2.54. The van der Waals surface area contributed by atoms with Gasteiger partial charge in [-0.1, -0.05) is 63.3 Å². The lowest BCUT2D eigenvalue weighted by atomic mass is 9.86. The van der Waals surface area contributed by atoms with Gasteiger partial charge in [-0.3, -0.25) is 10.1 Å². The predicted octanol–water partition coefficient (Wildman–Crippen LogP) is 6.25. The lowest BCUT2D eigenvalue weighted by Gasteiger charge is -2.36. The Morgan fingerprint density at radius 2 is 1.89 bits per heavy atom. The number of carbonyl (C=O) groups excluding carboxylic acids is 1. The van der Waals surface area contributed by atoms with E-state index in [4.69, 9.17) is 9.84 Å². The molecular formula is C26H37N3O4S2. The van der Waals surface area contributed by atoms with Crippen molar-refractivity contribution < 1.29 is 19.4 Å². The number of benzene rings is 1. The van der Waals surface area contributed by atoms with Crippen molar-refractivity contribution in [3.63, 3.8) is 0 Å². The van der Waals surface area contributed by atoms with Crippen molar-refractivity contribution in [3.8, 4) is 0 Å². The summed E-state index contributed by atoms with van der Waals surface area (Å²) in [5.74, 6) is -0.216. The van der Waals surface area contributed by atoms with Crippen LogP contribution in [0.15, 0.2) is 34.7 Å². The van der Waals surface area contributed by atoms with Crippen LogP contribution < -0.4 is 5.32 Å². The van der Waals surface area contributed by atoms with E-state index in [0.717, 1.165) is 35.5 Å². The van der Waals surface area contributed by atoms with Gasteiger partial charge in [0.05, 0.1) is 29.4 Å². The molecule has 1 aliphatic rings. The summed E-state index contributed by atoms with van der Waals surface area (Å²) in [4.78, 5) is 30.1. The van der Waals surface area contributed by atoms with Crippen molar-refractivity contribution in [2.24, 2.45) is 5.92 Å². The standard InChI is InChI=1S/C26H37N3O4S2/c1-18-5-11-21(12-6-18)29(25(32)28-24-27-15-23(35-24)34-17-22(30)31)13-14-33-16-19-7-9-20(10-8-19)26(2,3)4/h7-10,15,18,21H,5-6,11-14,16-17H2,1-4H3,(H,30,31)(H,27,28,32). The monoisotopic (exact) mass is 519 g/mol. The van der Waals surface area contributed by atoms with Crippen molar-refractivity contribution in [1.82, 2.24) is 9.88 Å². The van der Waals surface area contributed by atoms with E-state index >= 15 is 0 Å². The van der Waals surface area contributed by atoms with Crippen LogP contribution in [0.1, 0.15) is 64.5 Å². The first-order valence-electron chi connectivity index (χ1n) is 12.2. The van der Waals surface area contributed by atoms with Crippen molar-refractivity contribution in [3.05, 3.63) is 41.6 Å². The fraction of sp³-hybridized carbons (Fsp3) is 0.577. The number of hydrogen-bond donors (Lipinski definition) is 2. The van der Waals surface area contributed by atoms with Gasteiger partial charge >= 0.3 is 12.0 Å². The van der Waals surface area contributed by atoms with Gasteiger partial charge in [-0.25, -0.2) is 9.78 Å². The summed E-state index contributed by atoms with van der Waals surface area (Å²) in [6, 6.07) is 8.53. The number of aromatic nitrogens is 1. The molecule has 0 saturated heterocycles. The SMILES string of the molecule is CC1CCC(N(CCOCc2ccc(C(C)(C)C)cc2)C(=O)Nc2ncc(SCC(=O)O)s2)CC1. The molecule has 9 heteroatoms. The molecule has 1 fully saturated rings. The highest BCUT2D eigenvalue weighted by atomic mass is 32.2.